The number of rotatable bonds is 4. The summed E-state index contributed by atoms with van der Waals surface area (Å²) in [4.78, 5) is 24.6. The van der Waals surface area contributed by atoms with E-state index >= 15 is 0 Å². The summed E-state index contributed by atoms with van der Waals surface area (Å²) in [6.45, 7) is 10.6. The fraction of sp³-hybridized carbons (Fsp3) is 0.500. The van der Waals surface area contributed by atoms with Gasteiger partial charge in [0.1, 0.15) is 11.3 Å². The lowest BCUT2D eigenvalue weighted by molar-refractivity contribution is -0.120. The van der Waals surface area contributed by atoms with E-state index in [1.165, 1.54) is 25.9 Å². The van der Waals surface area contributed by atoms with Crippen molar-refractivity contribution in [2.75, 3.05) is 37.6 Å². The normalized spacial score (nSPS) is 19.1. The quantitative estimate of drug-likeness (QED) is 0.540. The number of nitrogens with zero attached hydrogens (tertiary/aromatic N) is 6. The van der Waals surface area contributed by atoms with Gasteiger partial charge in [-0.2, -0.15) is 5.10 Å². The summed E-state index contributed by atoms with van der Waals surface area (Å²) in [6, 6.07) is 5.46. The summed E-state index contributed by atoms with van der Waals surface area (Å²) in [5.74, 6) is 0.783. The number of piperazine rings is 1. The topological polar surface area (TPSA) is 79.2 Å². The molecule has 1 unspecified atom stereocenters. The third-order valence-electron chi connectivity index (χ3n) is 6.43. The molecule has 0 spiro atoms. The molecule has 1 aromatic carbocycles. The van der Waals surface area contributed by atoms with Gasteiger partial charge < -0.3 is 15.1 Å². The first kappa shape index (κ1) is 24.7. The van der Waals surface area contributed by atoms with Gasteiger partial charge in [-0.05, 0) is 64.4 Å². The summed E-state index contributed by atoms with van der Waals surface area (Å²) in [5.41, 5.74) is 3.21. The second-order valence-electron chi connectivity index (χ2n) is 8.87. The lowest BCUT2D eigenvalue weighted by atomic mass is 10.1. The number of nitrogens with one attached hydrogen (secondary N) is 1. The summed E-state index contributed by atoms with van der Waals surface area (Å²) in [5, 5.41) is 9.09. The zero-order valence-corrected chi connectivity index (χ0v) is 21.4. The average molecular weight is 504 g/mol. The van der Waals surface area contributed by atoms with E-state index in [2.05, 4.69) is 20.3 Å². The Morgan fingerprint density at radius 1 is 1.21 bits per heavy atom. The van der Waals surface area contributed by atoms with Gasteiger partial charge in [0.15, 0.2) is 5.65 Å². The van der Waals surface area contributed by atoms with Gasteiger partial charge in [-0.3, -0.25) is 4.79 Å². The molecule has 10 heteroatoms. The van der Waals surface area contributed by atoms with Gasteiger partial charge >= 0.3 is 0 Å². The van der Waals surface area contributed by atoms with Crippen LogP contribution in [-0.4, -0.2) is 69.8 Å². The predicted molar refractivity (Wildman–Crippen MR) is 137 cm³/mol. The molecule has 1 N–H and O–H groups in total. The molecule has 182 valence electrons. The van der Waals surface area contributed by atoms with E-state index in [1.807, 2.05) is 42.5 Å². The first-order valence-electron chi connectivity index (χ1n) is 11.7. The molecule has 2 saturated heterocycles. The summed E-state index contributed by atoms with van der Waals surface area (Å²) in [6.07, 6.45) is 5.47. The molecule has 2 aromatic heterocycles. The zero-order chi connectivity index (χ0) is 24.2. The van der Waals surface area contributed by atoms with Crippen LogP contribution in [0.3, 0.4) is 0 Å². The number of hydrogen-bond donors (Lipinski definition) is 1. The number of aryl methyl sites for hydroxylation is 1. The largest absolute Gasteiger partial charge is 0.351 e. The number of halogens is 2. The van der Waals surface area contributed by atoms with Crippen LogP contribution < -0.4 is 10.2 Å². The lowest BCUT2D eigenvalue weighted by Crippen LogP contribution is -2.51. The van der Waals surface area contributed by atoms with Crippen LogP contribution in [0, 0.1) is 6.92 Å². The monoisotopic (exact) mass is 503 g/mol. The number of amides is 1. The maximum absolute atomic E-state index is 11.1. The molecule has 1 amide bonds. The summed E-state index contributed by atoms with van der Waals surface area (Å²) >= 11 is 12.5. The van der Waals surface area contributed by atoms with Crippen LogP contribution in [0.15, 0.2) is 24.4 Å². The average Bonchev–Trinajstić information content (AvgIpc) is 3.51. The van der Waals surface area contributed by atoms with E-state index in [0.29, 0.717) is 28.8 Å². The van der Waals surface area contributed by atoms with Crippen LogP contribution in [-0.2, 0) is 4.79 Å². The Kier molecular flexibility index (Phi) is 7.91. The third kappa shape index (κ3) is 5.29. The van der Waals surface area contributed by atoms with E-state index in [1.54, 1.807) is 12.3 Å². The Bertz CT molecular complexity index is 1140. The molecule has 5 rings (SSSR count). The van der Waals surface area contributed by atoms with Crippen molar-refractivity contribution in [2.45, 2.75) is 45.7 Å². The SMILES string of the molecule is C1CCNC1.Cc1nn(C(C)c2ccc(Cl)cc2Cl)c2nc(N3CCN(C=O)[C@@H](C)C3)cnc12. The van der Waals surface area contributed by atoms with Gasteiger partial charge in [-0.25, -0.2) is 14.6 Å². The highest BCUT2D eigenvalue weighted by Crippen LogP contribution is 2.31. The molecule has 2 aliphatic rings. The van der Waals surface area contributed by atoms with Gasteiger partial charge in [0, 0.05) is 35.7 Å². The molecule has 2 atom stereocenters. The number of carbonyl (C=O) groups is 1. The highest BCUT2D eigenvalue weighted by Gasteiger charge is 2.25. The number of carbonyl (C=O) groups excluding carboxylic acids is 1. The lowest BCUT2D eigenvalue weighted by Gasteiger charge is -2.38. The summed E-state index contributed by atoms with van der Waals surface area (Å²) in [7, 11) is 0. The van der Waals surface area contributed by atoms with Crippen LogP contribution in [0.25, 0.3) is 11.2 Å². The second-order valence-corrected chi connectivity index (χ2v) is 9.71. The molecule has 0 aliphatic carbocycles. The van der Waals surface area contributed by atoms with Gasteiger partial charge in [-0.1, -0.05) is 29.3 Å². The Morgan fingerprint density at radius 2 is 1.97 bits per heavy atom. The third-order valence-corrected chi connectivity index (χ3v) is 7.00. The van der Waals surface area contributed by atoms with Crippen molar-refractivity contribution in [3.05, 3.63) is 45.7 Å². The van der Waals surface area contributed by atoms with Gasteiger partial charge in [0.05, 0.1) is 17.9 Å². The van der Waals surface area contributed by atoms with Gasteiger partial charge in [0.25, 0.3) is 0 Å². The van der Waals surface area contributed by atoms with Crippen LogP contribution in [0.4, 0.5) is 5.82 Å². The molecule has 0 bridgehead atoms. The van der Waals surface area contributed by atoms with Crippen molar-refractivity contribution >= 4 is 46.6 Å². The van der Waals surface area contributed by atoms with Crippen molar-refractivity contribution < 1.29 is 4.79 Å². The van der Waals surface area contributed by atoms with Crippen LogP contribution >= 0.6 is 23.2 Å². The van der Waals surface area contributed by atoms with Crippen LogP contribution in [0.5, 0.6) is 0 Å². The fourth-order valence-electron chi connectivity index (χ4n) is 4.40. The first-order valence-corrected chi connectivity index (χ1v) is 12.5. The van der Waals surface area contributed by atoms with Crippen molar-refractivity contribution in [1.82, 2.24) is 30.0 Å². The minimum Gasteiger partial charge on any atom is -0.351 e. The number of fused-ring (bicyclic) bond motifs is 1. The Morgan fingerprint density at radius 3 is 2.59 bits per heavy atom. The molecule has 3 aromatic rings. The molecule has 0 radical (unpaired) electrons. The van der Waals surface area contributed by atoms with Crippen molar-refractivity contribution in [2.24, 2.45) is 0 Å². The van der Waals surface area contributed by atoms with E-state index in [9.17, 15) is 4.79 Å². The zero-order valence-electron chi connectivity index (χ0n) is 19.8. The number of anilines is 1. The Labute approximate surface area is 210 Å². The van der Waals surface area contributed by atoms with Crippen molar-refractivity contribution in [1.29, 1.82) is 0 Å². The molecule has 8 nitrogen and oxygen atoms in total. The predicted octanol–water partition coefficient (Wildman–Crippen LogP) is 4.09. The standard InChI is InChI=1S/C20H22Cl2N6O.C4H9N/c1-12-10-26(6-7-27(12)11-29)18-9-23-19-13(2)25-28(20(19)24-18)14(3)16-5-4-15(21)8-17(16)22;1-2-4-5-3-1/h4-5,8-9,11-12,14H,6-7,10H2,1-3H3;5H,1-4H2/t12-,14?;/m0./s1. The molecule has 4 heterocycles. The van der Waals surface area contributed by atoms with Crippen molar-refractivity contribution in [3.63, 3.8) is 0 Å². The van der Waals surface area contributed by atoms with E-state index in [4.69, 9.17) is 28.2 Å². The van der Waals surface area contributed by atoms with Crippen LogP contribution in [0.1, 0.15) is 44.0 Å². The van der Waals surface area contributed by atoms with Gasteiger partial charge in [-0.15, -0.1) is 0 Å². The van der Waals surface area contributed by atoms with E-state index in [0.717, 1.165) is 35.5 Å². The van der Waals surface area contributed by atoms with Gasteiger partial charge in [0.2, 0.25) is 6.41 Å². The Hall–Kier alpha value is -2.42. The molecule has 2 fully saturated rings. The number of benzene rings is 1. The highest BCUT2D eigenvalue weighted by atomic mass is 35.5. The molecular formula is C24H31Cl2N7O. The van der Waals surface area contributed by atoms with E-state index in [-0.39, 0.29) is 12.1 Å². The molecular weight excluding hydrogens is 473 g/mol. The highest BCUT2D eigenvalue weighted by molar-refractivity contribution is 6.35. The van der Waals surface area contributed by atoms with E-state index < -0.39 is 0 Å². The summed E-state index contributed by atoms with van der Waals surface area (Å²) < 4.78 is 1.86. The first-order chi connectivity index (χ1) is 16.4. The maximum Gasteiger partial charge on any atom is 0.210 e. The second kappa shape index (κ2) is 10.9. The number of aromatic nitrogens is 4. The minimum atomic E-state index is -0.133. The smallest absolute Gasteiger partial charge is 0.210 e. The molecule has 34 heavy (non-hydrogen) atoms. The van der Waals surface area contributed by atoms with Crippen molar-refractivity contribution in [3.8, 4) is 0 Å². The minimum absolute atomic E-state index is 0.122. The number of hydrogen-bond acceptors (Lipinski definition) is 6. The maximum atomic E-state index is 11.1. The fourth-order valence-corrected chi connectivity index (χ4v) is 4.96. The van der Waals surface area contributed by atoms with Crippen LogP contribution in [0.2, 0.25) is 10.0 Å². The molecule has 0 saturated carbocycles. The molecule has 2 aliphatic heterocycles. The Balaban J connectivity index is 0.000000486.